The lowest BCUT2D eigenvalue weighted by atomic mass is 9.79. The Balaban J connectivity index is 2.00. The van der Waals surface area contributed by atoms with Crippen LogP contribution in [0.2, 0.25) is 0 Å². The Labute approximate surface area is 146 Å². The normalized spacial score (nSPS) is 12.6. The van der Waals surface area contributed by atoms with Gasteiger partial charge in [-0.3, -0.25) is 14.2 Å². The Kier molecular flexibility index (Phi) is 5.62. The van der Waals surface area contributed by atoms with Crippen molar-refractivity contribution in [3.63, 3.8) is 0 Å². The smallest absolute Gasteiger partial charge is 0.328 e. The van der Waals surface area contributed by atoms with Gasteiger partial charge in [0.05, 0.1) is 6.42 Å². The van der Waals surface area contributed by atoms with Crippen LogP contribution in [0.5, 0.6) is 0 Å². The summed E-state index contributed by atoms with van der Waals surface area (Å²) in [6, 6.07) is 10.1. The van der Waals surface area contributed by atoms with E-state index in [-0.39, 0.29) is 29.3 Å². The van der Waals surface area contributed by atoms with Crippen molar-refractivity contribution in [2.75, 3.05) is 0 Å². The number of carbonyl (C=O) groups is 1. The lowest BCUT2D eigenvalue weighted by Crippen LogP contribution is -2.40. The molecule has 0 bridgehead atoms. The van der Waals surface area contributed by atoms with E-state index in [0.29, 0.717) is 0 Å². The van der Waals surface area contributed by atoms with E-state index in [1.165, 1.54) is 18.8 Å². The van der Waals surface area contributed by atoms with Crippen LogP contribution < -0.4 is 16.6 Å². The molecule has 2 N–H and O–H groups in total. The molecule has 0 aliphatic carbocycles. The molecule has 0 radical (unpaired) electrons. The van der Waals surface area contributed by atoms with Gasteiger partial charge in [0, 0.05) is 24.8 Å². The van der Waals surface area contributed by atoms with E-state index in [9.17, 15) is 14.4 Å². The maximum atomic E-state index is 12.2. The Morgan fingerprint density at radius 3 is 2.52 bits per heavy atom. The topological polar surface area (TPSA) is 84.0 Å². The standard InChI is InChI=1S/C19H25N3O3/c1-13(11-19(2,3)15-8-6-5-7-9-15)21-16(23)10-14-12-20-18(25)22(4)17(14)24/h5-9,12-13H,10-11H2,1-4H3,(H,20,25)(H,21,23)/t13-/m0/s1. The maximum Gasteiger partial charge on any atom is 0.328 e. The Morgan fingerprint density at radius 2 is 1.88 bits per heavy atom. The first-order valence-corrected chi connectivity index (χ1v) is 8.33. The third-order valence-corrected chi connectivity index (χ3v) is 4.38. The average molecular weight is 343 g/mol. The molecule has 134 valence electrons. The molecule has 0 aliphatic rings. The summed E-state index contributed by atoms with van der Waals surface area (Å²) < 4.78 is 0.963. The summed E-state index contributed by atoms with van der Waals surface area (Å²) in [6.45, 7) is 6.24. The first kappa shape index (κ1) is 18.7. The number of rotatable bonds is 6. The number of aromatic amines is 1. The number of aromatic nitrogens is 2. The van der Waals surface area contributed by atoms with E-state index < -0.39 is 11.2 Å². The Hall–Kier alpha value is -2.63. The molecule has 0 unspecified atom stereocenters. The summed E-state index contributed by atoms with van der Waals surface area (Å²) >= 11 is 0. The van der Waals surface area contributed by atoms with E-state index in [0.717, 1.165) is 11.0 Å². The highest BCUT2D eigenvalue weighted by Crippen LogP contribution is 2.28. The highest BCUT2D eigenvalue weighted by Gasteiger charge is 2.24. The third-order valence-electron chi connectivity index (χ3n) is 4.38. The van der Waals surface area contributed by atoms with Crippen molar-refractivity contribution in [3.05, 3.63) is 68.5 Å². The summed E-state index contributed by atoms with van der Waals surface area (Å²) in [7, 11) is 1.38. The van der Waals surface area contributed by atoms with Gasteiger partial charge < -0.3 is 10.3 Å². The largest absolute Gasteiger partial charge is 0.353 e. The fourth-order valence-electron chi connectivity index (χ4n) is 3.06. The predicted molar refractivity (Wildman–Crippen MR) is 97.7 cm³/mol. The van der Waals surface area contributed by atoms with Crippen molar-refractivity contribution >= 4 is 5.91 Å². The van der Waals surface area contributed by atoms with Gasteiger partial charge in [-0.15, -0.1) is 0 Å². The highest BCUT2D eigenvalue weighted by atomic mass is 16.2. The van der Waals surface area contributed by atoms with Crippen molar-refractivity contribution in [2.45, 2.75) is 45.1 Å². The van der Waals surface area contributed by atoms with Crippen LogP contribution in [0.3, 0.4) is 0 Å². The van der Waals surface area contributed by atoms with E-state index in [2.05, 4.69) is 36.3 Å². The van der Waals surface area contributed by atoms with Gasteiger partial charge in [-0.1, -0.05) is 44.2 Å². The number of nitrogens with one attached hydrogen (secondary N) is 2. The summed E-state index contributed by atoms with van der Waals surface area (Å²) in [4.78, 5) is 38.0. The third kappa shape index (κ3) is 4.68. The quantitative estimate of drug-likeness (QED) is 0.833. The second kappa shape index (κ2) is 7.51. The minimum atomic E-state index is -0.493. The molecule has 0 spiro atoms. The molecule has 6 heteroatoms. The van der Waals surface area contributed by atoms with Gasteiger partial charge in [0.25, 0.3) is 5.56 Å². The first-order chi connectivity index (χ1) is 11.7. The average Bonchev–Trinajstić information content (AvgIpc) is 2.55. The Bertz CT molecular complexity index is 850. The van der Waals surface area contributed by atoms with Crippen LogP contribution in [-0.4, -0.2) is 21.5 Å². The minimum absolute atomic E-state index is 0.0469. The number of hydrogen-bond acceptors (Lipinski definition) is 3. The van der Waals surface area contributed by atoms with Crippen molar-refractivity contribution in [1.29, 1.82) is 0 Å². The number of amides is 1. The zero-order chi connectivity index (χ0) is 18.6. The van der Waals surface area contributed by atoms with E-state index in [4.69, 9.17) is 0 Å². The number of H-pyrrole nitrogens is 1. The molecule has 1 aromatic heterocycles. The SMILES string of the molecule is C[C@@H](CC(C)(C)c1ccccc1)NC(=O)Cc1c[nH]c(=O)n(C)c1=O. The number of benzene rings is 1. The molecular weight excluding hydrogens is 318 g/mol. The van der Waals surface area contributed by atoms with E-state index in [1.54, 1.807) is 0 Å². The van der Waals surface area contributed by atoms with Crippen molar-refractivity contribution in [2.24, 2.45) is 7.05 Å². The van der Waals surface area contributed by atoms with Crippen LogP contribution in [0.25, 0.3) is 0 Å². The van der Waals surface area contributed by atoms with E-state index >= 15 is 0 Å². The van der Waals surface area contributed by atoms with E-state index in [1.807, 2.05) is 25.1 Å². The van der Waals surface area contributed by atoms with Crippen LogP contribution in [0, 0.1) is 0 Å². The molecule has 2 rings (SSSR count). The number of nitrogens with zero attached hydrogens (tertiary/aromatic N) is 1. The minimum Gasteiger partial charge on any atom is -0.353 e. The van der Waals surface area contributed by atoms with Crippen LogP contribution in [-0.2, 0) is 23.7 Å². The molecule has 1 amide bonds. The van der Waals surface area contributed by atoms with Crippen molar-refractivity contribution in [1.82, 2.24) is 14.9 Å². The molecule has 0 aliphatic heterocycles. The fourth-order valence-corrected chi connectivity index (χ4v) is 3.06. The molecule has 25 heavy (non-hydrogen) atoms. The number of hydrogen-bond donors (Lipinski definition) is 2. The fraction of sp³-hybridized carbons (Fsp3) is 0.421. The molecular formula is C19H25N3O3. The van der Waals surface area contributed by atoms with Gasteiger partial charge in [-0.25, -0.2) is 4.79 Å². The van der Waals surface area contributed by atoms with Crippen LogP contribution >= 0.6 is 0 Å². The molecule has 0 saturated carbocycles. The first-order valence-electron chi connectivity index (χ1n) is 8.33. The highest BCUT2D eigenvalue weighted by molar-refractivity contribution is 5.78. The molecule has 2 aromatic rings. The van der Waals surface area contributed by atoms with Gasteiger partial charge in [0.2, 0.25) is 5.91 Å². The lowest BCUT2D eigenvalue weighted by Gasteiger charge is -2.29. The summed E-state index contributed by atoms with van der Waals surface area (Å²) in [5.41, 5.74) is 0.463. The van der Waals surface area contributed by atoms with Gasteiger partial charge in [-0.2, -0.15) is 0 Å². The second-order valence-corrected chi connectivity index (χ2v) is 7.08. The van der Waals surface area contributed by atoms with Crippen molar-refractivity contribution in [3.8, 4) is 0 Å². The van der Waals surface area contributed by atoms with Crippen molar-refractivity contribution < 1.29 is 4.79 Å². The Morgan fingerprint density at radius 1 is 1.24 bits per heavy atom. The summed E-state index contributed by atoms with van der Waals surface area (Å²) in [5.74, 6) is -0.236. The van der Waals surface area contributed by atoms with Gasteiger partial charge in [0.15, 0.2) is 0 Å². The van der Waals surface area contributed by atoms with Crippen LogP contribution in [0.15, 0.2) is 46.1 Å². The van der Waals surface area contributed by atoms with Gasteiger partial charge in [-0.05, 0) is 24.3 Å². The molecule has 0 saturated heterocycles. The monoisotopic (exact) mass is 343 g/mol. The number of carbonyl (C=O) groups excluding carboxylic acids is 1. The zero-order valence-electron chi connectivity index (χ0n) is 15.1. The molecule has 6 nitrogen and oxygen atoms in total. The van der Waals surface area contributed by atoms with Crippen LogP contribution in [0.1, 0.15) is 38.3 Å². The molecule has 0 fully saturated rings. The van der Waals surface area contributed by atoms with Crippen LogP contribution in [0.4, 0.5) is 0 Å². The maximum absolute atomic E-state index is 12.2. The van der Waals surface area contributed by atoms with Gasteiger partial charge >= 0.3 is 5.69 Å². The predicted octanol–water partition coefficient (Wildman–Crippen LogP) is 1.49. The van der Waals surface area contributed by atoms with Gasteiger partial charge in [0.1, 0.15) is 0 Å². The molecule has 1 heterocycles. The lowest BCUT2D eigenvalue weighted by molar-refractivity contribution is -0.121. The zero-order valence-corrected chi connectivity index (χ0v) is 15.1. The summed E-state index contributed by atoms with van der Waals surface area (Å²) in [5, 5.41) is 2.94. The molecule has 1 atom stereocenters. The molecule has 1 aromatic carbocycles. The second-order valence-electron chi connectivity index (χ2n) is 7.08. The summed E-state index contributed by atoms with van der Waals surface area (Å²) in [6.07, 6.45) is 2.02.